The Labute approximate surface area is 137 Å². The molecule has 2 aromatic heterocycles. The van der Waals surface area contributed by atoms with E-state index in [1.54, 1.807) is 12.3 Å². The molecule has 0 aliphatic rings. The zero-order chi connectivity index (χ0) is 16.2. The SMILES string of the molecule is O=C(O)Cn1ccc2c(NCCc3ccccc3)nc(Cl)nc21. The van der Waals surface area contributed by atoms with Crippen molar-refractivity contribution in [3.63, 3.8) is 0 Å². The van der Waals surface area contributed by atoms with E-state index in [0.717, 1.165) is 11.8 Å². The fourth-order valence-electron chi connectivity index (χ4n) is 2.42. The van der Waals surface area contributed by atoms with Crippen LogP contribution in [0.15, 0.2) is 42.6 Å². The first kappa shape index (κ1) is 15.3. The van der Waals surface area contributed by atoms with E-state index in [1.807, 2.05) is 18.2 Å². The number of aliphatic carboxylic acids is 1. The summed E-state index contributed by atoms with van der Waals surface area (Å²) in [4.78, 5) is 19.2. The minimum absolute atomic E-state index is 0.0880. The molecule has 0 radical (unpaired) electrons. The van der Waals surface area contributed by atoms with Crippen molar-refractivity contribution in [1.29, 1.82) is 0 Å². The van der Waals surface area contributed by atoms with Crippen molar-refractivity contribution in [2.24, 2.45) is 0 Å². The van der Waals surface area contributed by atoms with E-state index in [9.17, 15) is 4.79 Å². The number of nitrogens with one attached hydrogen (secondary N) is 1. The third-order valence-electron chi connectivity index (χ3n) is 3.45. The molecule has 3 aromatic rings. The number of carboxylic acid groups (broad SMARTS) is 1. The number of halogens is 1. The summed E-state index contributed by atoms with van der Waals surface area (Å²) >= 11 is 5.96. The van der Waals surface area contributed by atoms with Crippen LogP contribution in [0, 0.1) is 0 Å². The summed E-state index contributed by atoms with van der Waals surface area (Å²) in [5.41, 5.74) is 1.73. The lowest BCUT2D eigenvalue weighted by Crippen LogP contribution is -2.10. The van der Waals surface area contributed by atoms with Crippen LogP contribution in [-0.4, -0.2) is 32.2 Å². The molecule has 3 rings (SSSR count). The molecule has 118 valence electrons. The first-order valence-corrected chi connectivity index (χ1v) is 7.53. The van der Waals surface area contributed by atoms with Crippen molar-refractivity contribution in [3.8, 4) is 0 Å². The maximum atomic E-state index is 10.9. The van der Waals surface area contributed by atoms with E-state index in [1.165, 1.54) is 10.1 Å². The summed E-state index contributed by atoms with van der Waals surface area (Å²) in [5.74, 6) is -0.323. The molecule has 0 aliphatic heterocycles. The standard InChI is InChI=1S/C16H15ClN4O2/c17-16-19-14(18-8-6-11-4-2-1-3-5-11)12-7-9-21(10-13(22)23)15(12)20-16/h1-5,7,9H,6,8,10H2,(H,22,23)(H,18,19,20). The molecule has 0 bridgehead atoms. The van der Waals surface area contributed by atoms with Gasteiger partial charge in [-0.25, -0.2) is 4.98 Å². The highest BCUT2D eigenvalue weighted by molar-refractivity contribution is 6.28. The molecule has 0 unspecified atom stereocenters. The molecular formula is C16H15ClN4O2. The van der Waals surface area contributed by atoms with Crippen LogP contribution in [0.25, 0.3) is 11.0 Å². The van der Waals surface area contributed by atoms with Gasteiger partial charge in [0.05, 0.1) is 5.39 Å². The van der Waals surface area contributed by atoms with E-state index in [-0.39, 0.29) is 11.8 Å². The average Bonchev–Trinajstić information content (AvgIpc) is 2.90. The summed E-state index contributed by atoms with van der Waals surface area (Å²) in [6.45, 7) is 0.525. The Morgan fingerprint density at radius 1 is 1.22 bits per heavy atom. The van der Waals surface area contributed by atoms with E-state index >= 15 is 0 Å². The topological polar surface area (TPSA) is 80.0 Å². The van der Waals surface area contributed by atoms with Crippen molar-refractivity contribution in [2.75, 3.05) is 11.9 Å². The molecule has 0 spiro atoms. The van der Waals surface area contributed by atoms with E-state index in [0.29, 0.717) is 18.0 Å². The van der Waals surface area contributed by atoms with Crippen LogP contribution in [0.1, 0.15) is 5.56 Å². The molecule has 0 saturated heterocycles. The van der Waals surface area contributed by atoms with Crippen LogP contribution in [0.5, 0.6) is 0 Å². The minimum Gasteiger partial charge on any atom is -0.480 e. The normalized spacial score (nSPS) is 10.8. The smallest absolute Gasteiger partial charge is 0.323 e. The number of rotatable bonds is 6. The average molecular weight is 331 g/mol. The fourth-order valence-corrected chi connectivity index (χ4v) is 2.58. The number of hydrogen-bond acceptors (Lipinski definition) is 4. The van der Waals surface area contributed by atoms with Crippen molar-refractivity contribution in [1.82, 2.24) is 14.5 Å². The third-order valence-corrected chi connectivity index (χ3v) is 3.62. The highest BCUT2D eigenvalue weighted by atomic mass is 35.5. The summed E-state index contributed by atoms with van der Waals surface area (Å²) < 4.78 is 1.54. The van der Waals surface area contributed by atoms with Gasteiger partial charge in [-0.15, -0.1) is 0 Å². The lowest BCUT2D eigenvalue weighted by molar-refractivity contribution is -0.137. The number of carbonyl (C=O) groups is 1. The van der Waals surface area contributed by atoms with Gasteiger partial charge in [-0.1, -0.05) is 30.3 Å². The molecule has 23 heavy (non-hydrogen) atoms. The highest BCUT2D eigenvalue weighted by Crippen LogP contribution is 2.23. The number of benzene rings is 1. The highest BCUT2D eigenvalue weighted by Gasteiger charge is 2.12. The Balaban J connectivity index is 1.80. The second-order valence-electron chi connectivity index (χ2n) is 5.08. The molecule has 0 amide bonds. The zero-order valence-corrected chi connectivity index (χ0v) is 13.0. The summed E-state index contributed by atoms with van der Waals surface area (Å²) in [7, 11) is 0. The molecule has 0 aliphatic carbocycles. The van der Waals surface area contributed by atoms with Gasteiger partial charge >= 0.3 is 5.97 Å². The third kappa shape index (κ3) is 3.60. The van der Waals surface area contributed by atoms with Crippen LogP contribution in [-0.2, 0) is 17.8 Å². The molecule has 1 aromatic carbocycles. The van der Waals surface area contributed by atoms with Crippen molar-refractivity contribution >= 4 is 34.4 Å². The molecule has 7 heteroatoms. The minimum atomic E-state index is -0.934. The second-order valence-corrected chi connectivity index (χ2v) is 5.42. The first-order valence-electron chi connectivity index (χ1n) is 7.15. The van der Waals surface area contributed by atoms with Gasteiger partial charge in [-0.05, 0) is 29.7 Å². The van der Waals surface area contributed by atoms with Crippen LogP contribution in [0.2, 0.25) is 5.28 Å². The summed E-state index contributed by atoms with van der Waals surface area (Å²) in [6.07, 6.45) is 2.52. The maximum absolute atomic E-state index is 10.9. The fraction of sp³-hybridized carbons (Fsp3) is 0.188. The van der Waals surface area contributed by atoms with Gasteiger partial charge < -0.3 is 15.0 Å². The van der Waals surface area contributed by atoms with Crippen molar-refractivity contribution < 1.29 is 9.90 Å². The van der Waals surface area contributed by atoms with Gasteiger partial charge in [-0.2, -0.15) is 4.98 Å². The molecule has 0 fully saturated rings. The van der Waals surface area contributed by atoms with Gasteiger partial charge in [0.2, 0.25) is 5.28 Å². The quantitative estimate of drug-likeness (QED) is 0.679. The lowest BCUT2D eigenvalue weighted by atomic mass is 10.1. The molecule has 6 nitrogen and oxygen atoms in total. The number of fused-ring (bicyclic) bond motifs is 1. The predicted octanol–water partition coefficient (Wildman–Crippen LogP) is 2.82. The van der Waals surface area contributed by atoms with Crippen molar-refractivity contribution in [3.05, 3.63) is 53.4 Å². The number of hydrogen-bond donors (Lipinski definition) is 2. The summed E-state index contributed by atoms with van der Waals surface area (Å²) in [5, 5.41) is 13.0. The van der Waals surface area contributed by atoms with Gasteiger partial charge in [0.1, 0.15) is 18.0 Å². The Hall–Kier alpha value is -2.60. The van der Waals surface area contributed by atoms with Gasteiger partial charge in [-0.3, -0.25) is 4.79 Å². The number of nitrogens with zero attached hydrogens (tertiary/aromatic N) is 3. The number of aromatic nitrogens is 3. The Kier molecular flexibility index (Phi) is 4.43. The summed E-state index contributed by atoms with van der Waals surface area (Å²) in [6, 6.07) is 11.9. The first-order chi connectivity index (χ1) is 11.1. The molecular weight excluding hydrogens is 316 g/mol. The lowest BCUT2D eigenvalue weighted by Gasteiger charge is -2.08. The maximum Gasteiger partial charge on any atom is 0.323 e. The van der Waals surface area contributed by atoms with Crippen LogP contribution in [0.3, 0.4) is 0 Å². The molecule has 2 heterocycles. The van der Waals surface area contributed by atoms with Crippen LogP contribution >= 0.6 is 11.6 Å². The largest absolute Gasteiger partial charge is 0.480 e. The van der Waals surface area contributed by atoms with Gasteiger partial charge in [0, 0.05) is 12.7 Å². The second kappa shape index (κ2) is 6.66. The molecule has 0 atom stereocenters. The zero-order valence-electron chi connectivity index (χ0n) is 12.2. The van der Waals surface area contributed by atoms with Crippen LogP contribution < -0.4 is 5.32 Å². The van der Waals surface area contributed by atoms with Gasteiger partial charge in [0.25, 0.3) is 0 Å². The predicted molar refractivity (Wildman–Crippen MR) is 88.8 cm³/mol. The van der Waals surface area contributed by atoms with E-state index < -0.39 is 5.97 Å². The van der Waals surface area contributed by atoms with E-state index in [4.69, 9.17) is 16.7 Å². The van der Waals surface area contributed by atoms with Crippen molar-refractivity contribution in [2.45, 2.75) is 13.0 Å². The van der Waals surface area contributed by atoms with Crippen LogP contribution in [0.4, 0.5) is 5.82 Å². The molecule has 0 saturated carbocycles. The Morgan fingerprint density at radius 3 is 2.74 bits per heavy atom. The molecule has 2 N–H and O–H groups in total. The number of carboxylic acids is 1. The number of anilines is 1. The Bertz CT molecular complexity index is 833. The monoisotopic (exact) mass is 330 g/mol. The van der Waals surface area contributed by atoms with E-state index in [2.05, 4.69) is 27.4 Å². The van der Waals surface area contributed by atoms with Gasteiger partial charge in [0.15, 0.2) is 0 Å². The Morgan fingerprint density at radius 2 is 2.00 bits per heavy atom.